The maximum absolute atomic E-state index is 13.0. The number of carbonyl (C=O) groups is 3. The number of aromatic amines is 1. The van der Waals surface area contributed by atoms with Gasteiger partial charge in [-0.3, -0.25) is 19.5 Å². The van der Waals surface area contributed by atoms with Gasteiger partial charge in [-0.25, -0.2) is 0 Å². The first-order valence-corrected chi connectivity index (χ1v) is 8.76. The summed E-state index contributed by atoms with van der Waals surface area (Å²) in [5.74, 6) is -2.44. The molecular weight excluding hydrogens is 356 g/mol. The predicted molar refractivity (Wildman–Crippen MR) is 104 cm³/mol. The topological polar surface area (TPSA) is 118 Å². The number of aryl methyl sites for hydroxylation is 1. The molecule has 3 aromatic rings. The Morgan fingerprint density at radius 3 is 2.25 bits per heavy atom. The van der Waals surface area contributed by atoms with Crippen molar-refractivity contribution < 1.29 is 14.4 Å². The number of Topliss-reactive ketones (excluding diaryl/α,β-unsaturated/α-hetero) is 1. The number of nitrogens with two attached hydrogens (primary N) is 1. The minimum absolute atomic E-state index is 0.159. The van der Waals surface area contributed by atoms with Gasteiger partial charge in [0.1, 0.15) is 6.04 Å². The van der Waals surface area contributed by atoms with Crippen molar-refractivity contribution in [3.8, 4) is 11.3 Å². The number of nitrogens with one attached hydrogen (secondary N) is 2. The van der Waals surface area contributed by atoms with E-state index in [-0.39, 0.29) is 6.42 Å². The molecule has 0 fully saturated rings. The Morgan fingerprint density at radius 1 is 1.04 bits per heavy atom. The molecule has 0 unspecified atom stereocenters. The number of hydrogen-bond donors (Lipinski definition) is 3. The number of aromatic nitrogens is 2. The number of ketones is 1. The lowest BCUT2D eigenvalue weighted by atomic mass is 10.0. The minimum atomic E-state index is -1.09. The van der Waals surface area contributed by atoms with Crippen molar-refractivity contribution in [1.82, 2.24) is 15.5 Å². The first kappa shape index (κ1) is 19.0. The summed E-state index contributed by atoms with van der Waals surface area (Å²) in [6.45, 7) is 1.69. The molecule has 0 aliphatic rings. The van der Waals surface area contributed by atoms with E-state index in [1.807, 2.05) is 60.7 Å². The molecule has 0 bridgehead atoms. The molecule has 28 heavy (non-hydrogen) atoms. The normalized spacial score (nSPS) is 11.6. The summed E-state index contributed by atoms with van der Waals surface area (Å²) < 4.78 is 0. The van der Waals surface area contributed by atoms with Crippen LogP contribution < -0.4 is 11.1 Å². The number of H-pyrrole nitrogens is 1. The second-order valence-electron chi connectivity index (χ2n) is 6.37. The molecule has 0 aliphatic carbocycles. The largest absolute Gasteiger partial charge is 0.363 e. The molecule has 0 aliphatic heterocycles. The summed E-state index contributed by atoms with van der Waals surface area (Å²) in [6.07, 6.45) is 0.159. The van der Waals surface area contributed by atoms with Crippen LogP contribution in [-0.2, 0) is 16.0 Å². The molecule has 3 rings (SSSR count). The molecule has 2 aromatic carbocycles. The zero-order valence-corrected chi connectivity index (χ0v) is 15.3. The van der Waals surface area contributed by atoms with Crippen LogP contribution in [0.15, 0.2) is 60.7 Å². The first-order chi connectivity index (χ1) is 13.5. The van der Waals surface area contributed by atoms with E-state index in [0.717, 1.165) is 11.1 Å². The van der Waals surface area contributed by atoms with Gasteiger partial charge in [-0.15, -0.1) is 0 Å². The van der Waals surface area contributed by atoms with Crippen LogP contribution in [0.1, 0.15) is 21.6 Å². The number of hydrogen-bond acceptors (Lipinski definition) is 4. The van der Waals surface area contributed by atoms with Crippen LogP contribution in [0.25, 0.3) is 11.3 Å². The average molecular weight is 376 g/mol. The lowest BCUT2D eigenvalue weighted by Crippen LogP contribution is -2.47. The Hall–Kier alpha value is -3.74. The van der Waals surface area contributed by atoms with E-state index in [4.69, 9.17) is 5.73 Å². The van der Waals surface area contributed by atoms with E-state index in [0.29, 0.717) is 17.0 Å². The van der Waals surface area contributed by atoms with Crippen LogP contribution >= 0.6 is 0 Å². The summed E-state index contributed by atoms with van der Waals surface area (Å²) >= 11 is 0. The molecule has 4 N–H and O–H groups in total. The zero-order valence-electron chi connectivity index (χ0n) is 15.3. The molecule has 1 aromatic heterocycles. The van der Waals surface area contributed by atoms with Crippen LogP contribution in [-0.4, -0.2) is 33.8 Å². The molecule has 1 heterocycles. The van der Waals surface area contributed by atoms with Crippen molar-refractivity contribution in [2.45, 2.75) is 19.4 Å². The van der Waals surface area contributed by atoms with E-state index >= 15 is 0 Å². The van der Waals surface area contributed by atoms with Gasteiger partial charge in [-0.1, -0.05) is 60.7 Å². The first-order valence-electron chi connectivity index (χ1n) is 8.76. The third kappa shape index (κ3) is 4.15. The van der Waals surface area contributed by atoms with Gasteiger partial charge in [0, 0.05) is 12.0 Å². The van der Waals surface area contributed by atoms with Gasteiger partial charge in [0.05, 0.1) is 17.0 Å². The number of benzene rings is 2. The molecule has 2 amide bonds. The van der Waals surface area contributed by atoms with Crippen molar-refractivity contribution in [1.29, 1.82) is 0 Å². The highest BCUT2D eigenvalue weighted by Crippen LogP contribution is 2.23. The number of carbonyl (C=O) groups excluding carboxylic acids is 3. The Labute approximate surface area is 162 Å². The third-order valence-electron chi connectivity index (χ3n) is 4.38. The maximum atomic E-state index is 13.0. The Bertz CT molecular complexity index is 997. The molecular formula is C21H20N4O3. The van der Waals surface area contributed by atoms with Crippen LogP contribution in [0, 0.1) is 6.92 Å². The van der Waals surface area contributed by atoms with Gasteiger partial charge in [0.2, 0.25) is 5.78 Å². The van der Waals surface area contributed by atoms with Gasteiger partial charge in [0.25, 0.3) is 11.8 Å². The number of amides is 2. The smallest absolute Gasteiger partial charge is 0.287 e. The van der Waals surface area contributed by atoms with E-state index < -0.39 is 23.6 Å². The molecule has 0 saturated heterocycles. The molecule has 142 valence electrons. The minimum Gasteiger partial charge on any atom is -0.363 e. The highest BCUT2D eigenvalue weighted by molar-refractivity contribution is 6.38. The molecule has 7 nitrogen and oxygen atoms in total. The van der Waals surface area contributed by atoms with Crippen LogP contribution in [0.5, 0.6) is 0 Å². The van der Waals surface area contributed by atoms with Crippen LogP contribution in [0.4, 0.5) is 0 Å². The SMILES string of the molecule is Cc1n[nH]c(-c2ccccc2)c1C(=O)N[C@@H](Cc1ccccc1)C(=O)C(N)=O. The van der Waals surface area contributed by atoms with Crippen LogP contribution in [0.2, 0.25) is 0 Å². The van der Waals surface area contributed by atoms with Gasteiger partial charge >= 0.3 is 0 Å². The lowest BCUT2D eigenvalue weighted by Gasteiger charge is -2.17. The molecule has 0 saturated carbocycles. The highest BCUT2D eigenvalue weighted by Gasteiger charge is 2.28. The monoisotopic (exact) mass is 376 g/mol. The van der Waals surface area contributed by atoms with Gasteiger partial charge in [-0.05, 0) is 12.5 Å². The van der Waals surface area contributed by atoms with Crippen molar-refractivity contribution in [2.24, 2.45) is 5.73 Å². The van der Waals surface area contributed by atoms with Crippen molar-refractivity contribution >= 4 is 17.6 Å². The molecule has 0 spiro atoms. The second-order valence-corrected chi connectivity index (χ2v) is 6.37. The number of rotatable bonds is 7. The Morgan fingerprint density at radius 2 is 1.64 bits per heavy atom. The molecule has 7 heteroatoms. The lowest BCUT2D eigenvalue weighted by molar-refractivity contribution is -0.137. The average Bonchev–Trinajstić information content (AvgIpc) is 3.10. The van der Waals surface area contributed by atoms with Crippen molar-refractivity contribution in [3.05, 3.63) is 77.5 Å². The van der Waals surface area contributed by atoms with Gasteiger partial charge < -0.3 is 11.1 Å². The number of nitrogens with zero attached hydrogens (tertiary/aromatic N) is 1. The Kier molecular flexibility index (Phi) is 5.64. The van der Waals surface area contributed by atoms with E-state index in [2.05, 4.69) is 15.5 Å². The highest BCUT2D eigenvalue weighted by atomic mass is 16.2. The standard InChI is InChI=1S/C21H20N4O3/c1-13-17(18(25-24-13)15-10-6-3-7-11-15)21(28)23-16(19(26)20(22)27)12-14-8-4-2-5-9-14/h2-11,16H,12H2,1H3,(H2,22,27)(H,23,28)(H,24,25)/t16-/m0/s1. The van der Waals surface area contributed by atoms with E-state index in [9.17, 15) is 14.4 Å². The van der Waals surface area contributed by atoms with Gasteiger partial charge in [0.15, 0.2) is 0 Å². The van der Waals surface area contributed by atoms with Crippen LogP contribution in [0.3, 0.4) is 0 Å². The summed E-state index contributed by atoms with van der Waals surface area (Å²) in [7, 11) is 0. The predicted octanol–water partition coefficient (Wildman–Crippen LogP) is 1.78. The Balaban J connectivity index is 1.89. The van der Waals surface area contributed by atoms with Crippen molar-refractivity contribution in [2.75, 3.05) is 0 Å². The molecule has 1 atom stereocenters. The molecule has 0 radical (unpaired) electrons. The zero-order chi connectivity index (χ0) is 20.1. The van der Waals surface area contributed by atoms with E-state index in [1.54, 1.807) is 6.92 Å². The number of primary amides is 1. The fourth-order valence-corrected chi connectivity index (χ4v) is 2.99. The summed E-state index contributed by atoms with van der Waals surface area (Å²) in [5, 5.41) is 9.63. The summed E-state index contributed by atoms with van der Waals surface area (Å²) in [6, 6.07) is 17.3. The fraction of sp³-hybridized carbons (Fsp3) is 0.143. The third-order valence-corrected chi connectivity index (χ3v) is 4.38. The fourth-order valence-electron chi connectivity index (χ4n) is 2.99. The summed E-state index contributed by atoms with van der Waals surface area (Å²) in [5.41, 5.74) is 8.11. The summed E-state index contributed by atoms with van der Waals surface area (Å²) in [4.78, 5) is 36.7. The second kappa shape index (κ2) is 8.30. The van der Waals surface area contributed by atoms with Crippen molar-refractivity contribution in [3.63, 3.8) is 0 Å². The van der Waals surface area contributed by atoms with E-state index in [1.165, 1.54) is 0 Å². The maximum Gasteiger partial charge on any atom is 0.287 e. The van der Waals surface area contributed by atoms with Gasteiger partial charge in [-0.2, -0.15) is 5.10 Å². The quantitative estimate of drug-likeness (QED) is 0.545.